The summed E-state index contributed by atoms with van der Waals surface area (Å²) >= 11 is 0. The Hall–Kier alpha value is -0.780. The van der Waals surface area contributed by atoms with E-state index in [2.05, 4.69) is 58.6 Å². The summed E-state index contributed by atoms with van der Waals surface area (Å²) in [6, 6.07) is 0. The first-order valence-electron chi connectivity index (χ1n) is 5.47. The van der Waals surface area contributed by atoms with Gasteiger partial charge >= 0.3 is 0 Å². The molecule has 1 aliphatic carbocycles. The second-order valence-corrected chi connectivity index (χ2v) is 5.03. The molecule has 0 radical (unpaired) electrons. The van der Waals surface area contributed by atoms with Crippen molar-refractivity contribution >= 4 is 0 Å². The summed E-state index contributed by atoms with van der Waals surface area (Å²) in [5, 5.41) is 0. The van der Waals surface area contributed by atoms with E-state index in [9.17, 15) is 0 Å². The first-order valence-corrected chi connectivity index (χ1v) is 5.47. The van der Waals surface area contributed by atoms with Crippen LogP contribution < -0.4 is 0 Å². The fourth-order valence-corrected chi connectivity index (χ4v) is 2.69. The Kier molecular flexibility index (Phi) is 3.36. The van der Waals surface area contributed by atoms with Crippen molar-refractivity contribution in [3.63, 3.8) is 0 Å². The molecular formula is C14H22. The maximum absolute atomic E-state index is 4.19. The minimum atomic E-state index is 0.352. The predicted octanol–water partition coefficient (Wildman–Crippen LogP) is 4.36. The van der Waals surface area contributed by atoms with Gasteiger partial charge in [0.25, 0.3) is 0 Å². The summed E-state index contributed by atoms with van der Waals surface area (Å²) in [6.07, 6.45) is 10.0. The number of hydrogen-bond acceptors (Lipinski definition) is 0. The van der Waals surface area contributed by atoms with E-state index in [1.165, 1.54) is 12.0 Å². The van der Waals surface area contributed by atoms with Crippen LogP contribution in [0.25, 0.3) is 0 Å². The maximum Gasteiger partial charge on any atom is -0.00534 e. The lowest BCUT2D eigenvalue weighted by atomic mass is 9.64. The average Bonchev–Trinajstić information content (AvgIpc) is 2.02. The van der Waals surface area contributed by atoms with Crippen molar-refractivity contribution in [2.45, 2.75) is 34.1 Å². The quantitative estimate of drug-likeness (QED) is 0.448. The van der Waals surface area contributed by atoms with E-state index in [1.54, 1.807) is 0 Å². The highest BCUT2D eigenvalue weighted by molar-refractivity contribution is 5.24. The van der Waals surface area contributed by atoms with E-state index in [1.807, 2.05) is 0 Å². The summed E-state index contributed by atoms with van der Waals surface area (Å²) in [5.41, 5.74) is 1.62. The zero-order chi connectivity index (χ0) is 10.8. The van der Waals surface area contributed by atoms with Gasteiger partial charge in [0.15, 0.2) is 0 Å². The Balaban J connectivity index is 2.93. The Morgan fingerprint density at radius 3 is 2.64 bits per heavy atom. The third kappa shape index (κ3) is 2.17. The van der Waals surface area contributed by atoms with Crippen molar-refractivity contribution in [2.75, 3.05) is 0 Å². The molecule has 0 fully saturated rings. The third-order valence-electron chi connectivity index (χ3n) is 3.23. The Bertz CT molecular complexity index is 266. The molecule has 14 heavy (non-hydrogen) atoms. The van der Waals surface area contributed by atoms with Crippen molar-refractivity contribution in [1.29, 1.82) is 0 Å². The average molecular weight is 190 g/mol. The molecule has 0 spiro atoms. The molecule has 0 nitrogen and oxygen atoms in total. The number of hydrogen-bond donors (Lipinski definition) is 0. The van der Waals surface area contributed by atoms with Crippen LogP contribution in [-0.2, 0) is 0 Å². The van der Waals surface area contributed by atoms with E-state index < -0.39 is 0 Å². The standard InChI is InChI=1S/C14H22/c1-6-8-11(2)13-12(3)9-7-10-14(13,4)5/h6-9,12-13H,2,10H2,1,3-5H3/b8-6+/t12-,13?/m1/s1. The van der Waals surface area contributed by atoms with Gasteiger partial charge in [-0.15, -0.1) is 0 Å². The fourth-order valence-electron chi connectivity index (χ4n) is 2.69. The second-order valence-electron chi connectivity index (χ2n) is 5.03. The Morgan fingerprint density at radius 1 is 1.50 bits per heavy atom. The van der Waals surface area contributed by atoms with Crippen LogP contribution in [0, 0.1) is 17.3 Å². The minimum absolute atomic E-state index is 0.352. The van der Waals surface area contributed by atoms with Crippen LogP contribution in [0.15, 0.2) is 36.5 Å². The van der Waals surface area contributed by atoms with E-state index in [4.69, 9.17) is 0 Å². The Labute approximate surface area is 88.4 Å². The first-order chi connectivity index (χ1) is 6.49. The summed E-state index contributed by atoms with van der Waals surface area (Å²) < 4.78 is 0. The second kappa shape index (κ2) is 4.16. The summed E-state index contributed by atoms with van der Waals surface area (Å²) in [4.78, 5) is 0. The molecule has 1 unspecified atom stereocenters. The highest BCUT2D eigenvalue weighted by Gasteiger charge is 2.35. The molecule has 1 aliphatic rings. The lowest BCUT2D eigenvalue weighted by Crippen LogP contribution is -2.31. The molecule has 0 saturated carbocycles. The summed E-state index contributed by atoms with van der Waals surface area (Å²) in [6.45, 7) is 13.2. The molecule has 0 aromatic rings. The number of rotatable bonds is 2. The largest absolute Gasteiger partial charge is 0.0955 e. The minimum Gasteiger partial charge on any atom is -0.0955 e. The molecule has 0 amide bonds. The van der Waals surface area contributed by atoms with Gasteiger partial charge in [-0.25, -0.2) is 0 Å². The molecule has 1 rings (SSSR count). The number of allylic oxidation sites excluding steroid dienone is 5. The van der Waals surface area contributed by atoms with Crippen LogP contribution in [-0.4, -0.2) is 0 Å². The molecule has 2 atom stereocenters. The predicted molar refractivity (Wildman–Crippen MR) is 64.1 cm³/mol. The van der Waals surface area contributed by atoms with Crippen molar-refractivity contribution < 1.29 is 0 Å². The van der Waals surface area contributed by atoms with Gasteiger partial charge in [-0.1, -0.05) is 57.2 Å². The van der Waals surface area contributed by atoms with E-state index in [0.717, 1.165) is 0 Å². The van der Waals surface area contributed by atoms with E-state index in [-0.39, 0.29) is 0 Å². The third-order valence-corrected chi connectivity index (χ3v) is 3.23. The molecule has 0 heterocycles. The summed E-state index contributed by atoms with van der Waals surface area (Å²) in [7, 11) is 0. The molecule has 0 saturated heterocycles. The fraction of sp³-hybridized carbons (Fsp3) is 0.571. The first kappa shape index (κ1) is 11.3. The smallest absolute Gasteiger partial charge is 0.00534 e. The van der Waals surface area contributed by atoms with Gasteiger partial charge < -0.3 is 0 Å². The summed E-state index contributed by atoms with van der Waals surface area (Å²) in [5.74, 6) is 1.20. The normalized spacial score (nSPS) is 30.9. The van der Waals surface area contributed by atoms with Gasteiger partial charge in [0.2, 0.25) is 0 Å². The molecule has 0 N–H and O–H groups in total. The zero-order valence-electron chi connectivity index (χ0n) is 9.88. The molecular weight excluding hydrogens is 168 g/mol. The van der Waals surface area contributed by atoms with Crippen LogP contribution in [0.3, 0.4) is 0 Å². The van der Waals surface area contributed by atoms with Gasteiger partial charge in [-0.05, 0) is 30.6 Å². The van der Waals surface area contributed by atoms with Gasteiger partial charge in [-0.3, -0.25) is 0 Å². The van der Waals surface area contributed by atoms with Crippen LogP contribution in [0.5, 0.6) is 0 Å². The molecule has 78 valence electrons. The SMILES string of the molecule is C=C(/C=C/C)C1[C@H](C)C=CCC1(C)C. The van der Waals surface area contributed by atoms with Crippen molar-refractivity contribution in [3.05, 3.63) is 36.5 Å². The lowest BCUT2D eigenvalue weighted by molar-refractivity contribution is 0.199. The lowest BCUT2D eigenvalue weighted by Gasteiger charge is -2.40. The molecule has 0 aromatic heterocycles. The van der Waals surface area contributed by atoms with Crippen molar-refractivity contribution in [3.8, 4) is 0 Å². The van der Waals surface area contributed by atoms with Gasteiger partial charge in [0, 0.05) is 0 Å². The maximum atomic E-state index is 4.19. The monoisotopic (exact) mass is 190 g/mol. The molecule has 0 heteroatoms. The Morgan fingerprint density at radius 2 is 2.14 bits per heavy atom. The highest BCUT2D eigenvalue weighted by Crippen LogP contribution is 2.44. The van der Waals surface area contributed by atoms with Crippen molar-refractivity contribution in [1.82, 2.24) is 0 Å². The zero-order valence-corrected chi connectivity index (χ0v) is 9.88. The molecule has 0 aliphatic heterocycles. The molecule has 0 bridgehead atoms. The van der Waals surface area contributed by atoms with E-state index >= 15 is 0 Å². The van der Waals surface area contributed by atoms with Crippen LogP contribution in [0.2, 0.25) is 0 Å². The molecule has 0 aromatic carbocycles. The van der Waals surface area contributed by atoms with Crippen LogP contribution in [0.4, 0.5) is 0 Å². The van der Waals surface area contributed by atoms with Gasteiger partial charge in [-0.2, -0.15) is 0 Å². The van der Waals surface area contributed by atoms with Crippen LogP contribution in [0.1, 0.15) is 34.1 Å². The topological polar surface area (TPSA) is 0 Å². The van der Waals surface area contributed by atoms with Gasteiger partial charge in [0.1, 0.15) is 0 Å². The van der Waals surface area contributed by atoms with E-state index in [0.29, 0.717) is 17.3 Å². The van der Waals surface area contributed by atoms with Crippen LogP contribution >= 0.6 is 0 Å². The van der Waals surface area contributed by atoms with Crippen molar-refractivity contribution in [2.24, 2.45) is 17.3 Å². The highest BCUT2D eigenvalue weighted by atomic mass is 14.4. The van der Waals surface area contributed by atoms with Gasteiger partial charge in [0.05, 0.1) is 0 Å².